The zero-order valence-electron chi connectivity index (χ0n) is 10.6. The van der Waals surface area contributed by atoms with E-state index < -0.39 is 12.0 Å². The number of hydrogen-bond donors (Lipinski definition) is 3. The van der Waals surface area contributed by atoms with Crippen molar-refractivity contribution in [2.75, 3.05) is 31.6 Å². The smallest absolute Gasteiger partial charge is 0.335 e. The van der Waals surface area contributed by atoms with Gasteiger partial charge in [0.05, 0.1) is 29.5 Å². The van der Waals surface area contributed by atoms with E-state index in [4.69, 9.17) is 21.4 Å². The van der Waals surface area contributed by atoms with E-state index in [2.05, 4.69) is 10.7 Å². The van der Waals surface area contributed by atoms with Crippen LogP contribution in [0.3, 0.4) is 0 Å². The number of nitrogens with zero attached hydrogens (tertiary/aromatic N) is 1. The van der Waals surface area contributed by atoms with E-state index in [0.717, 1.165) is 0 Å². The molecule has 0 atom stereocenters. The number of rotatable bonds is 3. The molecule has 1 aromatic rings. The molecule has 2 amide bonds. The monoisotopic (exact) mass is 299 g/mol. The van der Waals surface area contributed by atoms with Crippen molar-refractivity contribution in [3.63, 3.8) is 0 Å². The van der Waals surface area contributed by atoms with Gasteiger partial charge in [0.2, 0.25) is 0 Å². The van der Waals surface area contributed by atoms with Gasteiger partial charge in [-0.1, -0.05) is 11.6 Å². The van der Waals surface area contributed by atoms with Gasteiger partial charge in [0.1, 0.15) is 0 Å². The molecule has 1 aliphatic rings. The van der Waals surface area contributed by atoms with E-state index >= 15 is 0 Å². The molecule has 1 aliphatic heterocycles. The average Bonchev–Trinajstić information content (AvgIpc) is 2.42. The van der Waals surface area contributed by atoms with E-state index in [-0.39, 0.29) is 16.3 Å². The van der Waals surface area contributed by atoms with Gasteiger partial charge >= 0.3 is 12.0 Å². The van der Waals surface area contributed by atoms with Crippen LogP contribution in [-0.4, -0.2) is 48.4 Å². The van der Waals surface area contributed by atoms with Gasteiger partial charge in [-0.3, -0.25) is 5.43 Å². The molecule has 1 fully saturated rings. The van der Waals surface area contributed by atoms with Crippen molar-refractivity contribution < 1.29 is 19.4 Å². The second kappa shape index (κ2) is 6.56. The third kappa shape index (κ3) is 3.83. The fraction of sp³-hybridized carbons (Fsp3) is 0.333. The molecule has 0 aromatic heterocycles. The third-order valence-electron chi connectivity index (χ3n) is 2.73. The summed E-state index contributed by atoms with van der Waals surface area (Å²) < 4.78 is 5.16. The van der Waals surface area contributed by atoms with Crippen LogP contribution < -0.4 is 10.7 Å². The van der Waals surface area contributed by atoms with Gasteiger partial charge in [-0.25, -0.2) is 14.6 Å². The number of benzene rings is 1. The number of ether oxygens (including phenoxy) is 1. The molecule has 20 heavy (non-hydrogen) atoms. The number of aromatic carboxylic acids is 1. The van der Waals surface area contributed by atoms with Crippen molar-refractivity contribution in [3.05, 3.63) is 28.8 Å². The molecule has 0 radical (unpaired) electrons. The van der Waals surface area contributed by atoms with Gasteiger partial charge in [-0.2, -0.15) is 0 Å². The lowest BCUT2D eigenvalue weighted by atomic mass is 10.2. The predicted octanol–water partition coefficient (Wildman–Crippen LogP) is 1.41. The second-order valence-corrected chi connectivity index (χ2v) is 4.57. The van der Waals surface area contributed by atoms with Crippen LogP contribution >= 0.6 is 11.6 Å². The number of halogens is 1. The highest BCUT2D eigenvalue weighted by atomic mass is 35.5. The molecule has 1 aromatic carbocycles. The molecule has 108 valence electrons. The van der Waals surface area contributed by atoms with Gasteiger partial charge in [0.15, 0.2) is 0 Å². The van der Waals surface area contributed by atoms with Crippen LogP contribution in [0.4, 0.5) is 10.5 Å². The van der Waals surface area contributed by atoms with Crippen molar-refractivity contribution >= 4 is 29.3 Å². The topological polar surface area (TPSA) is 90.9 Å². The highest BCUT2D eigenvalue weighted by Gasteiger charge is 2.14. The number of hydrazine groups is 1. The standard InChI is InChI=1S/C12H14ClN3O4/c13-9-2-1-8(11(17)18)7-10(9)14-12(19)15-16-3-5-20-6-4-16/h1-2,7H,3-6H2,(H,17,18)(H2,14,15,19). The summed E-state index contributed by atoms with van der Waals surface area (Å²) in [7, 11) is 0. The van der Waals surface area contributed by atoms with Gasteiger partial charge in [-0.15, -0.1) is 0 Å². The van der Waals surface area contributed by atoms with Crippen LogP contribution in [0.2, 0.25) is 5.02 Å². The van der Waals surface area contributed by atoms with Crippen LogP contribution in [0.1, 0.15) is 10.4 Å². The summed E-state index contributed by atoms with van der Waals surface area (Å²) in [6.07, 6.45) is 0. The number of carboxylic acids is 1. The maximum atomic E-state index is 11.8. The molecule has 7 nitrogen and oxygen atoms in total. The lowest BCUT2D eigenvalue weighted by Gasteiger charge is -2.27. The highest BCUT2D eigenvalue weighted by molar-refractivity contribution is 6.33. The molecule has 0 bridgehead atoms. The van der Waals surface area contributed by atoms with Crippen LogP contribution in [0.15, 0.2) is 18.2 Å². The molecule has 8 heteroatoms. The minimum absolute atomic E-state index is 0.0519. The minimum Gasteiger partial charge on any atom is -0.478 e. The Hall–Kier alpha value is -1.83. The Morgan fingerprint density at radius 3 is 2.65 bits per heavy atom. The summed E-state index contributed by atoms with van der Waals surface area (Å²) in [4.78, 5) is 22.7. The average molecular weight is 300 g/mol. The quantitative estimate of drug-likeness (QED) is 0.785. The first kappa shape index (κ1) is 14.6. The highest BCUT2D eigenvalue weighted by Crippen LogP contribution is 2.23. The third-order valence-corrected chi connectivity index (χ3v) is 3.06. The van der Waals surface area contributed by atoms with Gasteiger partial charge in [-0.05, 0) is 18.2 Å². The summed E-state index contributed by atoms with van der Waals surface area (Å²) >= 11 is 5.92. The van der Waals surface area contributed by atoms with Crippen molar-refractivity contribution in [3.8, 4) is 0 Å². The number of nitrogens with one attached hydrogen (secondary N) is 2. The molecule has 0 saturated carbocycles. The van der Waals surface area contributed by atoms with Crippen molar-refractivity contribution in [2.45, 2.75) is 0 Å². The van der Waals surface area contributed by atoms with Gasteiger partial charge < -0.3 is 15.2 Å². The van der Waals surface area contributed by atoms with Crippen molar-refractivity contribution in [1.82, 2.24) is 10.4 Å². The zero-order valence-corrected chi connectivity index (χ0v) is 11.3. The zero-order chi connectivity index (χ0) is 14.5. The number of carbonyl (C=O) groups excluding carboxylic acids is 1. The Balaban J connectivity index is 1.99. The van der Waals surface area contributed by atoms with Crippen LogP contribution in [0.5, 0.6) is 0 Å². The number of urea groups is 1. The Bertz CT molecular complexity index is 517. The first-order chi connectivity index (χ1) is 9.56. The fourth-order valence-electron chi connectivity index (χ4n) is 1.72. The van der Waals surface area contributed by atoms with E-state index in [1.165, 1.54) is 18.2 Å². The summed E-state index contributed by atoms with van der Waals surface area (Å²) in [6.45, 7) is 2.29. The first-order valence-corrected chi connectivity index (χ1v) is 6.37. The summed E-state index contributed by atoms with van der Waals surface area (Å²) in [5.74, 6) is -1.08. The van der Waals surface area contributed by atoms with Crippen molar-refractivity contribution in [2.24, 2.45) is 0 Å². The molecule has 0 spiro atoms. The summed E-state index contributed by atoms with van der Waals surface area (Å²) in [5.41, 5.74) is 2.94. The maximum Gasteiger partial charge on any atom is 0.335 e. The van der Waals surface area contributed by atoms with Crippen molar-refractivity contribution in [1.29, 1.82) is 0 Å². The number of morpholine rings is 1. The van der Waals surface area contributed by atoms with E-state index in [9.17, 15) is 9.59 Å². The van der Waals surface area contributed by atoms with E-state index in [1.54, 1.807) is 5.01 Å². The maximum absolute atomic E-state index is 11.8. The Kier molecular flexibility index (Phi) is 4.78. The van der Waals surface area contributed by atoms with E-state index in [1.807, 2.05) is 0 Å². The lowest BCUT2D eigenvalue weighted by Crippen LogP contribution is -2.49. The molecule has 0 unspecified atom stereocenters. The lowest BCUT2D eigenvalue weighted by molar-refractivity contribution is 0.0207. The Morgan fingerprint density at radius 1 is 1.30 bits per heavy atom. The van der Waals surface area contributed by atoms with Gasteiger partial charge in [0.25, 0.3) is 0 Å². The molecule has 1 saturated heterocycles. The SMILES string of the molecule is O=C(Nc1cc(C(=O)O)ccc1Cl)NN1CCOCC1. The van der Waals surface area contributed by atoms with Crippen LogP contribution in [-0.2, 0) is 4.74 Å². The first-order valence-electron chi connectivity index (χ1n) is 5.99. The molecule has 2 rings (SSSR count). The molecule has 3 N–H and O–H groups in total. The molecular weight excluding hydrogens is 286 g/mol. The normalized spacial score (nSPS) is 15.7. The summed E-state index contributed by atoms with van der Waals surface area (Å²) in [6, 6.07) is 3.63. The largest absolute Gasteiger partial charge is 0.478 e. The van der Waals surface area contributed by atoms with Crippen LogP contribution in [0.25, 0.3) is 0 Å². The minimum atomic E-state index is -1.08. The fourth-order valence-corrected chi connectivity index (χ4v) is 1.89. The summed E-state index contributed by atoms with van der Waals surface area (Å²) in [5, 5.41) is 13.4. The molecule has 0 aliphatic carbocycles. The van der Waals surface area contributed by atoms with Crippen LogP contribution in [0, 0.1) is 0 Å². The molecular formula is C12H14ClN3O4. The second-order valence-electron chi connectivity index (χ2n) is 4.17. The Labute approximate surface area is 120 Å². The number of amides is 2. The number of hydrogen-bond acceptors (Lipinski definition) is 4. The van der Waals surface area contributed by atoms with E-state index in [0.29, 0.717) is 26.3 Å². The number of anilines is 1. The number of carbonyl (C=O) groups is 2. The molecule has 1 heterocycles. The predicted molar refractivity (Wildman–Crippen MR) is 73.0 cm³/mol. The van der Waals surface area contributed by atoms with Gasteiger partial charge in [0, 0.05) is 13.1 Å². The Morgan fingerprint density at radius 2 is 2.00 bits per heavy atom. The number of carboxylic acid groups (broad SMARTS) is 1.